The SMILES string of the molecule is CC(Cl)c1nc2cccnc2n1-c1cc(Cl)c(F)c(Cl)c1. The summed E-state index contributed by atoms with van der Waals surface area (Å²) in [5.41, 5.74) is 1.87. The number of hydrogen-bond donors (Lipinski definition) is 0. The molecule has 0 saturated carbocycles. The molecule has 0 N–H and O–H groups in total. The molecule has 1 unspecified atom stereocenters. The molecule has 3 aromatic rings. The Balaban J connectivity index is 2.35. The summed E-state index contributed by atoms with van der Waals surface area (Å²) in [5.74, 6) is -0.0657. The molecule has 2 aromatic heterocycles. The van der Waals surface area contributed by atoms with Gasteiger partial charge in [0.25, 0.3) is 0 Å². The number of pyridine rings is 1. The Morgan fingerprint density at radius 3 is 2.52 bits per heavy atom. The van der Waals surface area contributed by atoms with Crippen molar-refractivity contribution in [2.45, 2.75) is 12.3 Å². The predicted molar refractivity (Wildman–Crippen MR) is 83.1 cm³/mol. The molecule has 21 heavy (non-hydrogen) atoms. The first kappa shape index (κ1) is 14.6. The number of aromatic nitrogens is 3. The molecule has 3 nitrogen and oxygen atoms in total. The third-order valence-electron chi connectivity index (χ3n) is 3.02. The van der Waals surface area contributed by atoms with Gasteiger partial charge in [-0.2, -0.15) is 0 Å². The van der Waals surface area contributed by atoms with Gasteiger partial charge in [-0.25, -0.2) is 14.4 Å². The van der Waals surface area contributed by atoms with Crippen LogP contribution >= 0.6 is 34.8 Å². The second-order valence-corrected chi connectivity index (χ2v) is 5.96. The van der Waals surface area contributed by atoms with Gasteiger partial charge in [-0.15, -0.1) is 11.6 Å². The van der Waals surface area contributed by atoms with Crippen LogP contribution in [0.4, 0.5) is 4.39 Å². The van der Waals surface area contributed by atoms with Crippen molar-refractivity contribution in [2.75, 3.05) is 0 Å². The summed E-state index contributed by atoms with van der Waals surface area (Å²) in [5, 5.41) is -0.492. The summed E-state index contributed by atoms with van der Waals surface area (Å²) in [6.07, 6.45) is 1.65. The van der Waals surface area contributed by atoms with E-state index in [1.165, 1.54) is 12.1 Å². The van der Waals surface area contributed by atoms with Gasteiger partial charge in [0.15, 0.2) is 11.5 Å². The molecule has 0 aliphatic carbocycles. The highest BCUT2D eigenvalue weighted by molar-refractivity contribution is 6.35. The maximum Gasteiger partial charge on any atom is 0.164 e. The van der Waals surface area contributed by atoms with E-state index in [2.05, 4.69) is 9.97 Å². The average Bonchev–Trinajstić information content (AvgIpc) is 2.84. The van der Waals surface area contributed by atoms with Gasteiger partial charge in [0, 0.05) is 6.20 Å². The van der Waals surface area contributed by atoms with E-state index in [-0.39, 0.29) is 15.4 Å². The number of benzene rings is 1. The van der Waals surface area contributed by atoms with Crippen LogP contribution < -0.4 is 0 Å². The zero-order valence-electron chi connectivity index (χ0n) is 10.8. The number of hydrogen-bond acceptors (Lipinski definition) is 2. The molecular weight excluding hydrogens is 336 g/mol. The van der Waals surface area contributed by atoms with Crippen LogP contribution in [-0.4, -0.2) is 14.5 Å². The van der Waals surface area contributed by atoms with E-state index in [4.69, 9.17) is 34.8 Å². The van der Waals surface area contributed by atoms with Gasteiger partial charge in [0.05, 0.1) is 21.1 Å². The minimum atomic E-state index is -0.653. The summed E-state index contributed by atoms with van der Waals surface area (Å²) < 4.78 is 15.3. The van der Waals surface area contributed by atoms with E-state index in [0.29, 0.717) is 22.7 Å². The third-order valence-corrected chi connectivity index (χ3v) is 3.77. The molecule has 0 radical (unpaired) electrons. The third kappa shape index (κ3) is 2.48. The molecule has 108 valence electrons. The lowest BCUT2D eigenvalue weighted by molar-refractivity contribution is 0.628. The molecule has 2 heterocycles. The van der Waals surface area contributed by atoms with Crippen molar-refractivity contribution < 1.29 is 4.39 Å². The quantitative estimate of drug-likeness (QED) is 0.474. The van der Waals surface area contributed by atoms with Crippen molar-refractivity contribution in [3.63, 3.8) is 0 Å². The zero-order valence-corrected chi connectivity index (χ0v) is 13.1. The maximum atomic E-state index is 13.6. The largest absolute Gasteiger partial charge is 0.279 e. The molecule has 0 spiro atoms. The number of imidazole rings is 1. The van der Waals surface area contributed by atoms with E-state index in [1.54, 1.807) is 23.8 Å². The van der Waals surface area contributed by atoms with Crippen LogP contribution in [0.2, 0.25) is 10.0 Å². The topological polar surface area (TPSA) is 30.7 Å². The maximum absolute atomic E-state index is 13.6. The monoisotopic (exact) mass is 343 g/mol. The second kappa shape index (κ2) is 5.44. The first-order valence-corrected chi connectivity index (χ1v) is 7.30. The molecule has 1 atom stereocenters. The van der Waals surface area contributed by atoms with E-state index in [0.717, 1.165) is 0 Å². The molecule has 0 fully saturated rings. The highest BCUT2D eigenvalue weighted by Crippen LogP contribution is 2.31. The highest BCUT2D eigenvalue weighted by Gasteiger charge is 2.19. The lowest BCUT2D eigenvalue weighted by Gasteiger charge is -2.11. The fourth-order valence-electron chi connectivity index (χ4n) is 2.12. The fraction of sp³-hybridized carbons (Fsp3) is 0.143. The van der Waals surface area contributed by atoms with Crippen molar-refractivity contribution in [1.82, 2.24) is 14.5 Å². The van der Waals surface area contributed by atoms with Gasteiger partial charge in [0.1, 0.15) is 11.3 Å². The number of fused-ring (bicyclic) bond motifs is 1. The van der Waals surface area contributed by atoms with Crippen molar-refractivity contribution >= 4 is 46.0 Å². The number of alkyl halides is 1. The predicted octanol–water partition coefficient (Wildman–Crippen LogP) is 5.17. The lowest BCUT2D eigenvalue weighted by atomic mass is 10.3. The van der Waals surface area contributed by atoms with Crippen LogP contribution in [0.15, 0.2) is 30.5 Å². The first-order valence-electron chi connectivity index (χ1n) is 6.11. The van der Waals surface area contributed by atoms with Crippen LogP contribution in [0.25, 0.3) is 16.9 Å². The Bertz CT molecular complexity index is 806. The fourth-order valence-corrected chi connectivity index (χ4v) is 2.74. The summed E-state index contributed by atoms with van der Waals surface area (Å²) in [7, 11) is 0. The Kier molecular flexibility index (Phi) is 3.78. The van der Waals surface area contributed by atoms with Gasteiger partial charge < -0.3 is 0 Å². The van der Waals surface area contributed by atoms with Crippen molar-refractivity contribution in [3.05, 3.63) is 52.1 Å². The van der Waals surface area contributed by atoms with Crippen LogP contribution in [0.3, 0.4) is 0 Å². The van der Waals surface area contributed by atoms with Gasteiger partial charge in [-0.1, -0.05) is 23.2 Å². The molecule has 3 rings (SSSR count). The number of halogens is 4. The smallest absolute Gasteiger partial charge is 0.164 e. The summed E-state index contributed by atoms with van der Waals surface area (Å²) >= 11 is 17.9. The van der Waals surface area contributed by atoms with E-state index >= 15 is 0 Å². The molecule has 1 aromatic carbocycles. The van der Waals surface area contributed by atoms with Crippen LogP contribution in [0.1, 0.15) is 18.1 Å². The lowest BCUT2D eigenvalue weighted by Crippen LogP contribution is -2.03. The minimum Gasteiger partial charge on any atom is -0.279 e. The summed E-state index contributed by atoms with van der Waals surface area (Å²) in [6.45, 7) is 1.80. The van der Waals surface area contributed by atoms with Crippen molar-refractivity contribution in [1.29, 1.82) is 0 Å². The van der Waals surface area contributed by atoms with Gasteiger partial charge in [-0.05, 0) is 31.2 Å². The zero-order chi connectivity index (χ0) is 15.1. The Morgan fingerprint density at radius 1 is 1.24 bits per heavy atom. The molecule has 0 saturated heterocycles. The standard InChI is InChI=1S/C14H9Cl3FN3/c1-7(15)13-20-11-3-2-4-19-14(11)21(13)8-5-9(16)12(18)10(17)6-8/h2-7H,1H3. The Labute approximate surface area is 135 Å². The molecule has 7 heteroatoms. The van der Waals surface area contributed by atoms with Gasteiger partial charge >= 0.3 is 0 Å². The van der Waals surface area contributed by atoms with Crippen molar-refractivity contribution in [2.24, 2.45) is 0 Å². The molecule has 0 amide bonds. The van der Waals surface area contributed by atoms with E-state index in [1.807, 2.05) is 6.07 Å². The molecular formula is C14H9Cl3FN3. The van der Waals surface area contributed by atoms with Crippen LogP contribution in [-0.2, 0) is 0 Å². The number of rotatable bonds is 2. The molecule has 0 aliphatic heterocycles. The van der Waals surface area contributed by atoms with Crippen molar-refractivity contribution in [3.8, 4) is 5.69 Å². The normalized spacial score (nSPS) is 12.8. The summed E-state index contributed by atoms with van der Waals surface area (Å²) in [6, 6.07) is 6.56. The van der Waals surface area contributed by atoms with Gasteiger partial charge in [0.2, 0.25) is 0 Å². The Morgan fingerprint density at radius 2 is 1.90 bits per heavy atom. The molecule has 0 aliphatic rings. The number of nitrogens with zero attached hydrogens (tertiary/aromatic N) is 3. The van der Waals surface area contributed by atoms with E-state index in [9.17, 15) is 4.39 Å². The average molecular weight is 345 g/mol. The van der Waals surface area contributed by atoms with Gasteiger partial charge in [-0.3, -0.25) is 4.57 Å². The minimum absolute atomic E-state index is 0.0662. The highest BCUT2D eigenvalue weighted by atomic mass is 35.5. The Hall–Kier alpha value is -1.36. The molecule has 0 bridgehead atoms. The van der Waals surface area contributed by atoms with E-state index < -0.39 is 5.82 Å². The first-order chi connectivity index (χ1) is 9.99. The van der Waals surface area contributed by atoms with Crippen LogP contribution in [0.5, 0.6) is 0 Å². The summed E-state index contributed by atoms with van der Waals surface area (Å²) in [4.78, 5) is 8.76. The van der Waals surface area contributed by atoms with Crippen LogP contribution in [0, 0.1) is 5.82 Å². The second-order valence-electron chi connectivity index (χ2n) is 4.49.